The van der Waals surface area contributed by atoms with Gasteiger partial charge in [0, 0.05) is 5.69 Å². The smallest absolute Gasteiger partial charge is 0.411 e. The van der Waals surface area contributed by atoms with Gasteiger partial charge in [-0.15, -0.1) is 0 Å². The molecule has 7 nitrogen and oxygen atoms in total. The average molecular weight is 260 g/mol. The second-order valence-corrected chi connectivity index (χ2v) is 4.46. The molecule has 94 valence electrons. The summed E-state index contributed by atoms with van der Waals surface area (Å²) in [5, 5.41) is 2.34. The molecule has 0 radical (unpaired) electrons. The third-order valence-electron chi connectivity index (χ3n) is 1.81. The molecule has 0 fully saturated rings. The Kier molecular flexibility index (Phi) is 3.92. The lowest BCUT2D eigenvalue weighted by Gasteiger charge is -2.07. The standard InChI is InChI=1S/C9H12N2O5S/c1-2-16-9(12)11-6-3-4-8(7(10)5-6)17(13,14)15/h3-5H,2,10H2,1H3,(H,11,12)(H,13,14,15). The number of nitrogen functional groups attached to an aromatic ring is 1. The number of anilines is 2. The molecule has 8 heteroatoms. The molecule has 0 atom stereocenters. The summed E-state index contributed by atoms with van der Waals surface area (Å²) in [4.78, 5) is 10.7. The molecule has 0 heterocycles. The lowest BCUT2D eigenvalue weighted by molar-refractivity contribution is 0.168. The van der Waals surface area contributed by atoms with E-state index in [-0.39, 0.29) is 18.0 Å². The van der Waals surface area contributed by atoms with E-state index < -0.39 is 21.1 Å². The fourth-order valence-electron chi connectivity index (χ4n) is 1.15. The Labute approximate surface area is 98.3 Å². The first kappa shape index (κ1) is 13.3. The van der Waals surface area contributed by atoms with E-state index in [2.05, 4.69) is 10.1 Å². The van der Waals surface area contributed by atoms with Crippen LogP contribution in [-0.4, -0.2) is 25.7 Å². The summed E-state index contributed by atoms with van der Waals surface area (Å²) in [6.45, 7) is 1.86. The van der Waals surface area contributed by atoms with Gasteiger partial charge in [0.1, 0.15) is 4.90 Å². The van der Waals surface area contributed by atoms with Crippen LogP contribution in [0.25, 0.3) is 0 Å². The highest BCUT2D eigenvalue weighted by Crippen LogP contribution is 2.22. The molecule has 0 spiro atoms. The lowest BCUT2D eigenvalue weighted by atomic mass is 10.3. The van der Waals surface area contributed by atoms with E-state index in [0.717, 1.165) is 6.07 Å². The number of hydrogen-bond donors (Lipinski definition) is 3. The Morgan fingerprint density at radius 3 is 2.65 bits per heavy atom. The summed E-state index contributed by atoms with van der Waals surface area (Å²) in [6, 6.07) is 3.59. The fraction of sp³-hybridized carbons (Fsp3) is 0.222. The number of amides is 1. The molecule has 1 rings (SSSR count). The largest absolute Gasteiger partial charge is 0.450 e. The van der Waals surface area contributed by atoms with Gasteiger partial charge in [-0.25, -0.2) is 4.79 Å². The number of benzene rings is 1. The van der Waals surface area contributed by atoms with Crippen LogP contribution in [0.5, 0.6) is 0 Å². The summed E-state index contributed by atoms with van der Waals surface area (Å²) in [5.41, 5.74) is 5.53. The van der Waals surface area contributed by atoms with Gasteiger partial charge in [-0.2, -0.15) is 8.42 Å². The third kappa shape index (κ3) is 3.61. The van der Waals surface area contributed by atoms with Crippen molar-refractivity contribution >= 4 is 27.6 Å². The number of carbonyl (C=O) groups is 1. The number of nitrogens with one attached hydrogen (secondary N) is 1. The van der Waals surface area contributed by atoms with E-state index in [1.165, 1.54) is 12.1 Å². The fourth-order valence-corrected chi connectivity index (χ4v) is 1.74. The van der Waals surface area contributed by atoms with Crippen LogP contribution in [0.4, 0.5) is 16.2 Å². The molecule has 1 amide bonds. The van der Waals surface area contributed by atoms with Crippen LogP contribution in [0.3, 0.4) is 0 Å². The van der Waals surface area contributed by atoms with Crippen molar-refractivity contribution in [3.8, 4) is 0 Å². The highest BCUT2D eigenvalue weighted by molar-refractivity contribution is 7.86. The first-order valence-corrected chi connectivity index (χ1v) is 6.09. The summed E-state index contributed by atoms with van der Waals surface area (Å²) < 4.78 is 35.1. The quantitative estimate of drug-likeness (QED) is 0.552. The molecule has 4 N–H and O–H groups in total. The average Bonchev–Trinajstić information content (AvgIpc) is 2.15. The summed E-state index contributed by atoms with van der Waals surface area (Å²) in [5.74, 6) is 0. The zero-order valence-electron chi connectivity index (χ0n) is 9.00. The molecule has 0 aliphatic heterocycles. The minimum absolute atomic E-state index is 0.165. The van der Waals surface area contributed by atoms with Gasteiger partial charge in [0.2, 0.25) is 0 Å². The van der Waals surface area contributed by atoms with E-state index in [0.29, 0.717) is 0 Å². The second-order valence-electron chi connectivity index (χ2n) is 3.07. The van der Waals surface area contributed by atoms with Gasteiger partial charge in [-0.3, -0.25) is 9.87 Å². The van der Waals surface area contributed by atoms with Gasteiger partial charge >= 0.3 is 6.09 Å². The van der Waals surface area contributed by atoms with Gasteiger partial charge < -0.3 is 10.5 Å². The Balaban J connectivity index is 2.94. The maximum atomic E-state index is 11.1. The van der Waals surface area contributed by atoms with Crippen molar-refractivity contribution in [1.82, 2.24) is 0 Å². The van der Waals surface area contributed by atoms with Crippen molar-refractivity contribution < 1.29 is 22.5 Å². The number of nitrogens with two attached hydrogens (primary N) is 1. The Bertz CT molecular complexity index is 526. The highest BCUT2D eigenvalue weighted by Gasteiger charge is 2.14. The Morgan fingerprint density at radius 2 is 2.18 bits per heavy atom. The number of ether oxygens (including phenoxy) is 1. The molecule has 0 aliphatic rings. The topological polar surface area (TPSA) is 119 Å². The molecule has 0 saturated heterocycles. The Hall–Kier alpha value is -1.80. The normalized spacial score (nSPS) is 10.9. The molecule has 0 bridgehead atoms. The molecule has 17 heavy (non-hydrogen) atoms. The molecule has 0 saturated carbocycles. The zero-order chi connectivity index (χ0) is 13.1. The van der Waals surface area contributed by atoms with Crippen molar-refractivity contribution in [3.63, 3.8) is 0 Å². The van der Waals surface area contributed by atoms with Crippen LogP contribution in [-0.2, 0) is 14.9 Å². The van der Waals surface area contributed by atoms with Gasteiger partial charge in [-0.05, 0) is 25.1 Å². The lowest BCUT2D eigenvalue weighted by Crippen LogP contribution is -2.13. The molecule has 0 aliphatic carbocycles. The highest BCUT2D eigenvalue weighted by atomic mass is 32.2. The van der Waals surface area contributed by atoms with Crippen LogP contribution < -0.4 is 11.1 Å². The van der Waals surface area contributed by atoms with Crippen molar-refractivity contribution in [2.45, 2.75) is 11.8 Å². The van der Waals surface area contributed by atoms with E-state index in [9.17, 15) is 13.2 Å². The first-order valence-electron chi connectivity index (χ1n) is 4.65. The molecular weight excluding hydrogens is 248 g/mol. The van der Waals surface area contributed by atoms with Crippen LogP contribution in [0.2, 0.25) is 0 Å². The molecule has 0 unspecified atom stereocenters. The molecule has 1 aromatic carbocycles. The van der Waals surface area contributed by atoms with E-state index in [1.54, 1.807) is 6.92 Å². The van der Waals surface area contributed by atoms with Crippen molar-refractivity contribution in [1.29, 1.82) is 0 Å². The van der Waals surface area contributed by atoms with Gasteiger partial charge in [0.05, 0.1) is 12.3 Å². The first-order chi connectivity index (χ1) is 7.84. The van der Waals surface area contributed by atoms with Crippen molar-refractivity contribution in [2.24, 2.45) is 0 Å². The summed E-state index contributed by atoms with van der Waals surface area (Å²) in [6.07, 6.45) is -0.675. The Morgan fingerprint density at radius 1 is 1.53 bits per heavy atom. The second kappa shape index (κ2) is 5.02. The van der Waals surface area contributed by atoms with Gasteiger partial charge in [-0.1, -0.05) is 0 Å². The molecule has 0 aromatic heterocycles. The minimum atomic E-state index is -4.36. The van der Waals surface area contributed by atoms with Crippen LogP contribution >= 0.6 is 0 Å². The van der Waals surface area contributed by atoms with Gasteiger partial charge in [0.15, 0.2) is 0 Å². The number of hydrogen-bond acceptors (Lipinski definition) is 5. The van der Waals surface area contributed by atoms with E-state index in [1.807, 2.05) is 0 Å². The molecule has 1 aromatic rings. The maximum Gasteiger partial charge on any atom is 0.411 e. The predicted molar refractivity (Wildman–Crippen MR) is 61.3 cm³/mol. The van der Waals surface area contributed by atoms with Crippen molar-refractivity contribution in [3.05, 3.63) is 18.2 Å². The number of carbonyl (C=O) groups excluding carboxylic acids is 1. The minimum Gasteiger partial charge on any atom is -0.450 e. The molecular formula is C9H12N2O5S. The SMILES string of the molecule is CCOC(=O)Nc1ccc(S(=O)(=O)O)c(N)c1. The van der Waals surface area contributed by atoms with Crippen LogP contribution in [0, 0.1) is 0 Å². The monoisotopic (exact) mass is 260 g/mol. The van der Waals surface area contributed by atoms with Crippen molar-refractivity contribution in [2.75, 3.05) is 17.7 Å². The zero-order valence-corrected chi connectivity index (χ0v) is 9.82. The number of rotatable bonds is 3. The maximum absolute atomic E-state index is 11.1. The third-order valence-corrected chi connectivity index (χ3v) is 2.74. The predicted octanol–water partition coefficient (Wildman–Crippen LogP) is 1.08. The summed E-state index contributed by atoms with van der Waals surface area (Å²) >= 11 is 0. The van der Waals surface area contributed by atoms with Crippen LogP contribution in [0.15, 0.2) is 23.1 Å². The van der Waals surface area contributed by atoms with E-state index >= 15 is 0 Å². The van der Waals surface area contributed by atoms with Gasteiger partial charge in [0.25, 0.3) is 10.1 Å². The summed E-state index contributed by atoms with van der Waals surface area (Å²) in [7, 11) is -4.36. The van der Waals surface area contributed by atoms with E-state index in [4.69, 9.17) is 10.3 Å². The van der Waals surface area contributed by atoms with Crippen LogP contribution in [0.1, 0.15) is 6.92 Å².